The lowest BCUT2D eigenvalue weighted by molar-refractivity contribution is -0.140. The maximum Gasteiger partial charge on any atom is 0.243 e. The van der Waals surface area contributed by atoms with Crippen LogP contribution >= 0.6 is 35.0 Å². The van der Waals surface area contributed by atoms with Gasteiger partial charge >= 0.3 is 0 Å². The minimum absolute atomic E-state index is 0.0909. The van der Waals surface area contributed by atoms with Crippen LogP contribution in [0.3, 0.4) is 0 Å². The van der Waals surface area contributed by atoms with Crippen molar-refractivity contribution < 1.29 is 14.3 Å². The largest absolute Gasteiger partial charge is 0.497 e. The number of methoxy groups -OCH3 is 1. The van der Waals surface area contributed by atoms with Crippen LogP contribution in [0.25, 0.3) is 0 Å². The van der Waals surface area contributed by atoms with Crippen LogP contribution in [0.5, 0.6) is 5.75 Å². The number of benzene rings is 2. The van der Waals surface area contributed by atoms with Crippen molar-refractivity contribution in [2.24, 2.45) is 0 Å². The average Bonchev–Trinajstić information content (AvgIpc) is 2.75. The van der Waals surface area contributed by atoms with E-state index in [4.69, 9.17) is 27.9 Å². The summed E-state index contributed by atoms with van der Waals surface area (Å²) in [5, 5.41) is 4.01. The lowest BCUT2D eigenvalue weighted by atomic mass is 10.1. The number of carbonyl (C=O) groups excluding carboxylic acids is 2. The first kappa shape index (κ1) is 27.4. The molecule has 2 aromatic carbocycles. The molecule has 0 bridgehead atoms. The minimum atomic E-state index is -0.565. The highest BCUT2D eigenvalue weighted by molar-refractivity contribution is 7.99. The molecule has 0 aliphatic heterocycles. The number of hydrogen-bond acceptors (Lipinski definition) is 4. The van der Waals surface area contributed by atoms with E-state index in [0.717, 1.165) is 16.9 Å². The molecule has 0 spiro atoms. The van der Waals surface area contributed by atoms with Crippen molar-refractivity contribution in [3.05, 3.63) is 63.6 Å². The fourth-order valence-electron chi connectivity index (χ4n) is 3.27. The zero-order chi connectivity index (χ0) is 24.6. The van der Waals surface area contributed by atoms with Crippen LogP contribution in [0.4, 0.5) is 0 Å². The number of halogens is 2. The number of carbonyl (C=O) groups is 2. The monoisotopic (exact) mass is 510 g/mol. The second-order valence-electron chi connectivity index (χ2n) is 8.77. The summed E-state index contributed by atoms with van der Waals surface area (Å²) in [5.74, 6) is 1.36. The molecule has 0 heterocycles. The van der Waals surface area contributed by atoms with Gasteiger partial charge in [-0.15, -0.1) is 11.8 Å². The summed E-state index contributed by atoms with van der Waals surface area (Å²) in [4.78, 5) is 28.0. The normalized spacial score (nSPS) is 12.2. The Morgan fingerprint density at radius 2 is 1.70 bits per heavy atom. The van der Waals surface area contributed by atoms with E-state index in [1.165, 1.54) is 11.8 Å². The molecule has 0 aliphatic rings. The van der Waals surface area contributed by atoms with Gasteiger partial charge in [0.05, 0.1) is 22.9 Å². The van der Waals surface area contributed by atoms with Gasteiger partial charge in [0.2, 0.25) is 11.8 Å². The summed E-state index contributed by atoms with van der Waals surface area (Å²) >= 11 is 13.6. The van der Waals surface area contributed by atoms with Crippen molar-refractivity contribution in [2.45, 2.75) is 58.0 Å². The van der Waals surface area contributed by atoms with Gasteiger partial charge in [-0.05, 0) is 62.6 Å². The van der Waals surface area contributed by atoms with E-state index in [1.54, 1.807) is 18.1 Å². The van der Waals surface area contributed by atoms with Gasteiger partial charge in [-0.1, -0.05) is 48.3 Å². The number of ether oxygens (including phenoxy) is 1. The Kier molecular flexibility index (Phi) is 10.4. The van der Waals surface area contributed by atoms with Crippen molar-refractivity contribution >= 4 is 46.8 Å². The molecule has 0 aliphatic carbocycles. The molecule has 33 heavy (non-hydrogen) atoms. The quantitative estimate of drug-likeness (QED) is 0.428. The van der Waals surface area contributed by atoms with Gasteiger partial charge in [-0.25, -0.2) is 0 Å². The third kappa shape index (κ3) is 8.76. The van der Waals surface area contributed by atoms with Crippen LogP contribution in [0, 0.1) is 0 Å². The Morgan fingerprint density at radius 3 is 2.24 bits per heavy atom. The maximum atomic E-state index is 13.3. The van der Waals surface area contributed by atoms with Crippen LogP contribution in [-0.4, -0.2) is 41.2 Å². The summed E-state index contributed by atoms with van der Waals surface area (Å²) in [6, 6.07) is 12.4. The van der Waals surface area contributed by atoms with Crippen molar-refractivity contribution in [1.82, 2.24) is 10.2 Å². The highest BCUT2D eigenvalue weighted by atomic mass is 35.5. The molecule has 0 unspecified atom stereocenters. The molecule has 0 radical (unpaired) electrons. The van der Waals surface area contributed by atoms with Gasteiger partial charge in [-0.3, -0.25) is 9.59 Å². The molecule has 180 valence electrons. The zero-order valence-electron chi connectivity index (χ0n) is 19.8. The van der Waals surface area contributed by atoms with Gasteiger partial charge in [0.1, 0.15) is 11.8 Å². The van der Waals surface area contributed by atoms with Crippen LogP contribution < -0.4 is 10.1 Å². The molecule has 5 nitrogen and oxygen atoms in total. The molecule has 1 N–H and O–H groups in total. The van der Waals surface area contributed by atoms with E-state index >= 15 is 0 Å². The van der Waals surface area contributed by atoms with Crippen LogP contribution in [-0.2, 0) is 21.9 Å². The summed E-state index contributed by atoms with van der Waals surface area (Å²) in [6.45, 7) is 8.05. The van der Waals surface area contributed by atoms with Gasteiger partial charge in [0.25, 0.3) is 0 Å². The van der Waals surface area contributed by atoms with Crippen LogP contribution in [0.2, 0.25) is 10.0 Å². The summed E-state index contributed by atoms with van der Waals surface area (Å²) in [7, 11) is 1.61. The van der Waals surface area contributed by atoms with Crippen LogP contribution in [0.1, 0.15) is 45.2 Å². The van der Waals surface area contributed by atoms with Crippen LogP contribution in [0.15, 0.2) is 42.5 Å². The number of nitrogens with one attached hydrogen (secondary N) is 1. The molecule has 0 aromatic heterocycles. The standard InChI is InChI=1S/C25H32Cl2N2O3S/c1-6-22(24(31)28-25(2,3)4)29(14-17-7-10-19(32-5)11-8-17)23(30)16-33-15-18-9-12-20(26)21(27)13-18/h7-13,22H,6,14-16H2,1-5H3,(H,28,31)/t22-/m1/s1. The molecule has 2 rings (SSSR count). The highest BCUT2D eigenvalue weighted by Crippen LogP contribution is 2.25. The smallest absolute Gasteiger partial charge is 0.243 e. The van der Waals surface area contributed by atoms with E-state index in [9.17, 15) is 9.59 Å². The average molecular weight is 512 g/mol. The first-order chi connectivity index (χ1) is 15.5. The second kappa shape index (κ2) is 12.5. The molecule has 0 saturated heterocycles. The molecule has 1 atom stereocenters. The predicted octanol–water partition coefficient (Wildman–Crippen LogP) is 5.96. The number of amides is 2. The molecule has 2 aromatic rings. The minimum Gasteiger partial charge on any atom is -0.497 e. The molecule has 2 amide bonds. The fourth-order valence-corrected chi connectivity index (χ4v) is 4.45. The van der Waals surface area contributed by atoms with Crippen molar-refractivity contribution in [2.75, 3.05) is 12.9 Å². The van der Waals surface area contributed by atoms with E-state index in [-0.39, 0.29) is 23.1 Å². The Morgan fingerprint density at radius 1 is 1.06 bits per heavy atom. The van der Waals surface area contributed by atoms with Gasteiger partial charge in [-0.2, -0.15) is 0 Å². The first-order valence-electron chi connectivity index (χ1n) is 10.8. The zero-order valence-corrected chi connectivity index (χ0v) is 22.1. The van der Waals surface area contributed by atoms with Crippen molar-refractivity contribution in [3.8, 4) is 5.75 Å². The molecular formula is C25H32Cl2N2O3S. The lowest BCUT2D eigenvalue weighted by Crippen LogP contribution is -2.53. The van der Waals surface area contributed by atoms with Gasteiger partial charge in [0.15, 0.2) is 0 Å². The van der Waals surface area contributed by atoms with E-state index in [1.807, 2.05) is 64.1 Å². The van der Waals surface area contributed by atoms with Crippen molar-refractivity contribution in [3.63, 3.8) is 0 Å². The Labute approximate surface area is 211 Å². The third-order valence-electron chi connectivity index (χ3n) is 4.87. The number of thioether (sulfide) groups is 1. The molecule has 8 heteroatoms. The Balaban J connectivity index is 2.16. The van der Waals surface area contributed by atoms with Gasteiger partial charge < -0.3 is 15.0 Å². The summed E-state index contributed by atoms with van der Waals surface area (Å²) < 4.78 is 5.23. The SMILES string of the molecule is CC[C@H](C(=O)NC(C)(C)C)N(Cc1ccc(OC)cc1)C(=O)CSCc1ccc(Cl)c(Cl)c1. The maximum absolute atomic E-state index is 13.3. The first-order valence-corrected chi connectivity index (χ1v) is 12.7. The fraction of sp³-hybridized carbons (Fsp3) is 0.440. The predicted molar refractivity (Wildman–Crippen MR) is 138 cm³/mol. The number of rotatable bonds is 10. The van der Waals surface area contributed by atoms with E-state index in [2.05, 4.69) is 5.32 Å². The van der Waals surface area contributed by atoms with Crippen molar-refractivity contribution in [1.29, 1.82) is 0 Å². The third-order valence-corrected chi connectivity index (χ3v) is 6.60. The molecule has 0 fully saturated rings. The number of nitrogens with zero attached hydrogens (tertiary/aromatic N) is 1. The molecular weight excluding hydrogens is 479 g/mol. The number of hydrogen-bond donors (Lipinski definition) is 1. The highest BCUT2D eigenvalue weighted by Gasteiger charge is 2.30. The summed E-state index contributed by atoms with van der Waals surface area (Å²) in [5.41, 5.74) is 1.53. The van der Waals surface area contributed by atoms with E-state index < -0.39 is 6.04 Å². The second-order valence-corrected chi connectivity index (χ2v) is 10.6. The van der Waals surface area contributed by atoms with E-state index in [0.29, 0.717) is 28.8 Å². The topological polar surface area (TPSA) is 58.6 Å². The lowest BCUT2D eigenvalue weighted by Gasteiger charge is -2.33. The molecule has 0 saturated carbocycles. The summed E-state index contributed by atoms with van der Waals surface area (Å²) in [6.07, 6.45) is 0.515. The Bertz CT molecular complexity index is 946. The van der Waals surface area contributed by atoms with Gasteiger partial charge in [0, 0.05) is 17.8 Å². The Hall–Kier alpha value is -1.89.